The minimum absolute atomic E-state index is 0.299. The molecular weight excluding hydrogens is 384 g/mol. The van der Waals surface area contributed by atoms with Gasteiger partial charge in [0, 0.05) is 17.8 Å². The summed E-state index contributed by atoms with van der Waals surface area (Å²) in [5.74, 6) is 0.886. The summed E-state index contributed by atoms with van der Waals surface area (Å²) in [6.07, 6.45) is 3.25. The molecule has 3 heterocycles. The first kappa shape index (κ1) is 17.3. The Morgan fingerprint density at radius 3 is 2.85 bits per heavy atom. The van der Waals surface area contributed by atoms with Gasteiger partial charge in [-0.25, -0.2) is 19.9 Å². The van der Waals surface area contributed by atoms with Crippen molar-refractivity contribution in [2.45, 2.75) is 6.92 Å². The molecule has 4 rings (SSSR count). The number of anilines is 3. The van der Waals surface area contributed by atoms with Gasteiger partial charge < -0.3 is 10.1 Å². The van der Waals surface area contributed by atoms with Crippen LogP contribution >= 0.6 is 22.7 Å². The fraction of sp³-hybridized carbons (Fsp3) is 0.118. The number of hydrogen-bond acceptors (Lipinski definition) is 9. The third kappa shape index (κ3) is 4.01. The fourth-order valence-corrected chi connectivity index (χ4v) is 3.84. The number of benzene rings is 1. The monoisotopic (exact) mass is 398 g/mol. The third-order valence-electron chi connectivity index (χ3n) is 3.41. The average Bonchev–Trinajstić information content (AvgIpc) is 3.29. The number of hydrogen-bond donors (Lipinski definition) is 2. The summed E-state index contributed by atoms with van der Waals surface area (Å²) >= 11 is 2.69. The molecule has 27 heavy (non-hydrogen) atoms. The summed E-state index contributed by atoms with van der Waals surface area (Å²) in [6.45, 7) is 2.53. The van der Waals surface area contributed by atoms with Gasteiger partial charge in [0.15, 0.2) is 10.3 Å². The van der Waals surface area contributed by atoms with Gasteiger partial charge in [-0.1, -0.05) is 11.3 Å². The van der Waals surface area contributed by atoms with Crippen LogP contribution in [0.3, 0.4) is 0 Å². The molecule has 0 bridgehead atoms. The first-order valence-electron chi connectivity index (χ1n) is 8.05. The second kappa shape index (κ2) is 7.64. The lowest BCUT2D eigenvalue weighted by Gasteiger charge is -2.00. The highest BCUT2D eigenvalue weighted by atomic mass is 32.1. The van der Waals surface area contributed by atoms with Crippen molar-refractivity contribution in [1.82, 2.24) is 19.9 Å². The highest BCUT2D eigenvalue weighted by Crippen LogP contribution is 2.29. The molecule has 1 amide bonds. The Balaban J connectivity index is 1.46. The van der Waals surface area contributed by atoms with Crippen molar-refractivity contribution in [1.29, 1.82) is 0 Å². The van der Waals surface area contributed by atoms with E-state index in [1.54, 1.807) is 23.8 Å². The second-order valence-corrected chi connectivity index (χ2v) is 7.16. The lowest BCUT2D eigenvalue weighted by atomic mass is 10.3. The second-order valence-electron chi connectivity index (χ2n) is 5.27. The predicted molar refractivity (Wildman–Crippen MR) is 106 cm³/mol. The van der Waals surface area contributed by atoms with Crippen molar-refractivity contribution < 1.29 is 9.53 Å². The zero-order valence-electron chi connectivity index (χ0n) is 14.2. The zero-order valence-corrected chi connectivity index (χ0v) is 15.8. The van der Waals surface area contributed by atoms with Crippen molar-refractivity contribution in [3.8, 4) is 5.75 Å². The molecule has 0 aliphatic heterocycles. The number of carbonyl (C=O) groups is 1. The smallest absolute Gasteiger partial charge is 0.276 e. The van der Waals surface area contributed by atoms with E-state index in [0.29, 0.717) is 28.5 Å². The molecule has 0 aliphatic carbocycles. The fourth-order valence-electron chi connectivity index (χ4n) is 2.27. The Morgan fingerprint density at radius 1 is 1.19 bits per heavy atom. The van der Waals surface area contributed by atoms with Gasteiger partial charge in [-0.2, -0.15) is 0 Å². The molecule has 8 nitrogen and oxygen atoms in total. The highest BCUT2D eigenvalue weighted by Gasteiger charge is 2.14. The molecular formula is C17H14N6O2S2. The van der Waals surface area contributed by atoms with Crippen molar-refractivity contribution in [3.63, 3.8) is 0 Å². The van der Waals surface area contributed by atoms with Gasteiger partial charge in [0.2, 0.25) is 5.95 Å². The summed E-state index contributed by atoms with van der Waals surface area (Å²) < 4.78 is 6.43. The first-order chi connectivity index (χ1) is 13.2. The third-order valence-corrected chi connectivity index (χ3v) is 5.10. The van der Waals surface area contributed by atoms with Gasteiger partial charge in [-0.15, -0.1) is 11.3 Å². The molecule has 0 fully saturated rings. The van der Waals surface area contributed by atoms with Crippen molar-refractivity contribution >= 4 is 55.0 Å². The SMILES string of the molecule is CCOc1ccc2nc(NC(=O)c3csc(Nc4ncccn4)n3)sc2c1. The van der Waals surface area contributed by atoms with E-state index in [9.17, 15) is 4.79 Å². The van der Waals surface area contributed by atoms with Crippen LogP contribution in [0.25, 0.3) is 10.2 Å². The molecule has 0 saturated heterocycles. The minimum Gasteiger partial charge on any atom is -0.494 e. The van der Waals surface area contributed by atoms with Gasteiger partial charge in [0.1, 0.15) is 11.4 Å². The van der Waals surface area contributed by atoms with Gasteiger partial charge in [0.05, 0.1) is 16.8 Å². The number of nitrogens with one attached hydrogen (secondary N) is 2. The Morgan fingerprint density at radius 2 is 2.04 bits per heavy atom. The van der Waals surface area contributed by atoms with Crippen molar-refractivity contribution in [2.24, 2.45) is 0 Å². The summed E-state index contributed by atoms with van der Waals surface area (Å²) in [4.78, 5) is 29.3. The molecule has 0 aliphatic rings. The largest absolute Gasteiger partial charge is 0.494 e. The van der Waals surface area contributed by atoms with Crippen LogP contribution in [0.2, 0.25) is 0 Å². The number of ether oxygens (including phenoxy) is 1. The van der Waals surface area contributed by atoms with E-state index in [0.717, 1.165) is 16.0 Å². The molecule has 2 N–H and O–H groups in total. The Labute approximate surface area is 162 Å². The van der Waals surface area contributed by atoms with Crippen LogP contribution in [0.4, 0.5) is 16.2 Å². The maximum atomic E-state index is 12.4. The average molecular weight is 398 g/mol. The number of aromatic nitrogens is 4. The molecule has 0 unspecified atom stereocenters. The molecule has 136 valence electrons. The Bertz CT molecular complexity index is 1080. The van der Waals surface area contributed by atoms with Crippen LogP contribution in [-0.2, 0) is 0 Å². The maximum absolute atomic E-state index is 12.4. The molecule has 4 aromatic rings. The van der Waals surface area contributed by atoms with E-state index in [1.165, 1.54) is 22.7 Å². The van der Waals surface area contributed by atoms with Gasteiger partial charge in [-0.3, -0.25) is 10.1 Å². The molecule has 0 radical (unpaired) electrons. The van der Waals surface area contributed by atoms with E-state index in [4.69, 9.17) is 4.74 Å². The molecule has 1 aromatic carbocycles. The van der Waals surface area contributed by atoms with Gasteiger partial charge >= 0.3 is 0 Å². The lowest BCUT2D eigenvalue weighted by molar-refractivity contribution is 0.102. The number of amides is 1. The van der Waals surface area contributed by atoms with Crippen LogP contribution in [0.5, 0.6) is 5.75 Å². The predicted octanol–water partition coefficient (Wildman–Crippen LogP) is 3.94. The topological polar surface area (TPSA) is 102 Å². The van der Waals surface area contributed by atoms with E-state index in [2.05, 4.69) is 30.6 Å². The number of thiazole rings is 2. The van der Waals surface area contributed by atoms with Gasteiger partial charge in [-0.05, 0) is 31.2 Å². The quantitative estimate of drug-likeness (QED) is 0.507. The Kier molecular flexibility index (Phi) is 4.90. The molecule has 10 heteroatoms. The zero-order chi connectivity index (χ0) is 18.6. The molecule has 0 atom stereocenters. The summed E-state index contributed by atoms with van der Waals surface area (Å²) in [7, 11) is 0. The van der Waals surface area contributed by atoms with Crippen LogP contribution in [-0.4, -0.2) is 32.4 Å². The summed E-state index contributed by atoms with van der Waals surface area (Å²) in [6, 6.07) is 7.37. The highest BCUT2D eigenvalue weighted by molar-refractivity contribution is 7.22. The van der Waals surface area contributed by atoms with Crippen molar-refractivity contribution in [3.05, 3.63) is 47.7 Å². The molecule has 3 aromatic heterocycles. The number of nitrogens with zero attached hydrogens (tertiary/aromatic N) is 4. The number of rotatable bonds is 6. The molecule has 0 spiro atoms. The minimum atomic E-state index is -0.322. The van der Waals surface area contributed by atoms with Crippen molar-refractivity contribution in [2.75, 3.05) is 17.2 Å². The van der Waals surface area contributed by atoms with Crippen LogP contribution in [0, 0.1) is 0 Å². The Hall–Kier alpha value is -3.11. The van der Waals surface area contributed by atoms with E-state index in [-0.39, 0.29) is 5.91 Å². The normalized spacial score (nSPS) is 10.7. The van der Waals surface area contributed by atoms with Crippen LogP contribution in [0.1, 0.15) is 17.4 Å². The van der Waals surface area contributed by atoms with Crippen LogP contribution < -0.4 is 15.4 Å². The van der Waals surface area contributed by atoms with Gasteiger partial charge in [0.25, 0.3) is 5.91 Å². The maximum Gasteiger partial charge on any atom is 0.276 e. The summed E-state index contributed by atoms with van der Waals surface area (Å²) in [5.41, 5.74) is 1.10. The van der Waals surface area contributed by atoms with Crippen LogP contribution in [0.15, 0.2) is 42.0 Å². The lowest BCUT2D eigenvalue weighted by Crippen LogP contribution is -2.12. The van der Waals surface area contributed by atoms with E-state index in [1.807, 2.05) is 25.1 Å². The standard InChI is InChI=1S/C17H14N6O2S2/c1-2-25-10-4-5-11-13(8-10)27-17(20-11)22-14(24)12-9-26-16(21-12)23-15-18-6-3-7-19-15/h3-9H,2H2,1H3,(H,20,22,24)(H,18,19,21,23). The number of carbonyl (C=O) groups excluding carboxylic acids is 1. The summed E-state index contributed by atoms with van der Waals surface area (Å²) in [5, 5.41) is 8.47. The number of fused-ring (bicyclic) bond motifs is 1. The molecule has 0 saturated carbocycles. The van der Waals surface area contributed by atoms with E-state index >= 15 is 0 Å². The first-order valence-corrected chi connectivity index (χ1v) is 9.75. The van der Waals surface area contributed by atoms with E-state index < -0.39 is 0 Å².